The number of hydrogen-bond donors (Lipinski definition) is 0. The van der Waals surface area contributed by atoms with Crippen molar-refractivity contribution in [3.8, 4) is 0 Å². The molecule has 0 unspecified atom stereocenters. The van der Waals surface area contributed by atoms with E-state index in [2.05, 4.69) is 51.6 Å². The molecule has 1 aliphatic carbocycles. The van der Waals surface area contributed by atoms with Gasteiger partial charge in [0.05, 0.1) is 0 Å². The predicted molar refractivity (Wildman–Crippen MR) is 104 cm³/mol. The van der Waals surface area contributed by atoms with E-state index >= 15 is 0 Å². The third-order valence-electron chi connectivity index (χ3n) is 4.44. The first kappa shape index (κ1) is 23.1. The quantitative estimate of drug-likeness (QED) is 0.349. The zero-order valence-electron chi connectivity index (χ0n) is 14.8. The molecule has 0 spiro atoms. The van der Waals surface area contributed by atoms with Gasteiger partial charge in [0.1, 0.15) is 0 Å². The van der Waals surface area contributed by atoms with Gasteiger partial charge in [0.25, 0.3) is 0 Å². The van der Waals surface area contributed by atoms with E-state index in [1.807, 2.05) is 31.5 Å². The van der Waals surface area contributed by atoms with Gasteiger partial charge < -0.3 is 0 Å². The molecule has 9 heteroatoms. The number of nitrogens with zero attached hydrogens (tertiary/aromatic N) is 3. The number of alkyl halides is 3. The molecule has 1 aliphatic rings. The summed E-state index contributed by atoms with van der Waals surface area (Å²) in [5.41, 5.74) is 0.233. The van der Waals surface area contributed by atoms with Crippen molar-refractivity contribution >= 4 is 32.3 Å². The number of benzene rings is 1. The van der Waals surface area contributed by atoms with Crippen LogP contribution in [0.5, 0.6) is 0 Å². The Morgan fingerprint density at radius 1 is 1.07 bits per heavy atom. The van der Waals surface area contributed by atoms with Crippen molar-refractivity contribution in [3.05, 3.63) is 51.6 Å². The first-order valence-corrected chi connectivity index (χ1v) is 11.2. The number of hydrogen-bond acceptors (Lipinski definition) is 1. The van der Waals surface area contributed by atoms with E-state index in [0.717, 1.165) is 27.5 Å². The molecule has 1 aromatic carbocycles. The van der Waals surface area contributed by atoms with E-state index < -0.39 is 11.7 Å². The molecule has 0 aliphatic heterocycles. The molecular weight excluding hydrogens is 670 g/mol. The number of aryl methyl sites for hydroxylation is 1. The number of aromatic nitrogens is 2. The first-order chi connectivity index (χ1) is 12.7. The van der Waals surface area contributed by atoms with Crippen LogP contribution in [-0.2, 0) is 39.1 Å². The minimum atomic E-state index is -4.27. The summed E-state index contributed by atoms with van der Waals surface area (Å²) in [5, 5.41) is 0. The summed E-state index contributed by atoms with van der Waals surface area (Å²) >= 11 is 8.95. The van der Waals surface area contributed by atoms with Crippen molar-refractivity contribution in [3.63, 3.8) is 0 Å². The second-order valence-electron chi connectivity index (χ2n) is 6.52. The summed E-state index contributed by atoms with van der Waals surface area (Å²) in [5.74, 6) is 0. The van der Waals surface area contributed by atoms with Gasteiger partial charge in [-0.05, 0) is 12.8 Å². The van der Waals surface area contributed by atoms with Crippen LogP contribution in [0.2, 0.25) is 0 Å². The molecule has 0 saturated heterocycles. The van der Waals surface area contributed by atoms with Crippen molar-refractivity contribution in [1.82, 2.24) is 12.1 Å². The van der Waals surface area contributed by atoms with Crippen LogP contribution in [0.25, 0.3) is 0 Å². The van der Waals surface area contributed by atoms with Gasteiger partial charge in [0.2, 0.25) is 0 Å². The van der Waals surface area contributed by atoms with Gasteiger partial charge in [0, 0.05) is 38.3 Å². The summed E-state index contributed by atoms with van der Waals surface area (Å²) in [6.07, 6.45) is 6.40. The first-order valence-electron chi connectivity index (χ1n) is 8.62. The summed E-state index contributed by atoms with van der Waals surface area (Å²) in [7, 11) is 1.92. The molecule has 1 aromatic heterocycles. The average Bonchev–Trinajstić information content (AvgIpc) is 2.95. The standard InChI is InChI=1S/C12H11F3N2.C6H11Br2N.Pt/c1-16-6-7-17(9-16)8-10-2-4-11(5-3-10)12(13,14)15;7-9(8)6-4-2-1-3-5-6;/h2-7H,8H2,1H3;6H,1-5H2;. The van der Waals surface area contributed by atoms with Crippen LogP contribution in [0.4, 0.5) is 13.2 Å². The van der Waals surface area contributed by atoms with Crippen molar-refractivity contribution in [2.45, 2.75) is 50.9 Å². The van der Waals surface area contributed by atoms with Gasteiger partial charge in [0.15, 0.2) is 0 Å². The van der Waals surface area contributed by atoms with Crippen molar-refractivity contribution in [2.75, 3.05) is 0 Å². The average molecular weight is 692 g/mol. The molecule has 3 rings (SSSR count). The summed E-state index contributed by atoms with van der Waals surface area (Å²) < 4.78 is 44.1. The molecule has 2 aromatic rings. The molecule has 1 heterocycles. The Morgan fingerprint density at radius 2 is 1.67 bits per heavy atom. The molecule has 1 fully saturated rings. The molecule has 3 nitrogen and oxygen atoms in total. The van der Waals surface area contributed by atoms with E-state index in [1.54, 1.807) is 0 Å². The van der Waals surface area contributed by atoms with E-state index in [1.165, 1.54) is 44.2 Å². The maximum absolute atomic E-state index is 12.4. The third-order valence-corrected chi connectivity index (χ3v) is 7.06. The monoisotopic (exact) mass is 690 g/mol. The molecule has 154 valence electrons. The van der Waals surface area contributed by atoms with Crippen LogP contribution < -0.4 is 0 Å². The Morgan fingerprint density at radius 3 is 2.07 bits per heavy atom. The zero-order chi connectivity index (χ0) is 20.0. The van der Waals surface area contributed by atoms with Crippen LogP contribution in [0.15, 0.2) is 36.7 Å². The topological polar surface area (TPSA) is 13.1 Å². The van der Waals surface area contributed by atoms with Gasteiger partial charge in [-0.25, -0.2) is 0 Å². The van der Waals surface area contributed by atoms with Gasteiger partial charge in [-0.1, -0.05) is 19.3 Å². The molecule has 0 amide bonds. The normalized spacial score (nSPS) is 15.6. The maximum atomic E-state index is 12.4. The van der Waals surface area contributed by atoms with Crippen LogP contribution in [0, 0.1) is 3.80 Å². The van der Waals surface area contributed by atoms with E-state index in [0.29, 0.717) is 6.54 Å². The fourth-order valence-electron chi connectivity index (χ4n) is 2.88. The van der Waals surface area contributed by atoms with Crippen LogP contribution in [0.1, 0.15) is 43.2 Å². The fourth-order valence-corrected chi connectivity index (χ4v) is 4.22. The predicted octanol–water partition coefficient (Wildman–Crippen LogP) is 6.21. The van der Waals surface area contributed by atoms with Gasteiger partial charge in [-0.15, -0.1) is 0 Å². The number of rotatable bonds is 3. The zero-order valence-corrected chi connectivity index (χ0v) is 20.3. The second-order valence-corrected chi connectivity index (χ2v) is 10.0. The molecule has 0 bridgehead atoms. The summed E-state index contributed by atoms with van der Waals surface area (Å²) in [6, 6.07) is 5.98. The number of halogens is 5. The summed E-state index contributed by atoms with van der Waals surface area (Å²) in [4.78, 5) is 0. The van der Waals surface area contributed by atoms with Crippen LogP contribution in [0.3, 0.4) is 0 Å². The van der Waals surface area contributed by atoms with Crippen molar-refractivity contribution < 1.29 is 32.5 Å². The molecular formula is C18H22Br2F3N3Pt. The van der Waals surface area contributed by atoms with Crippen LogP contribution in [-0.4, -0.2) is 18.1 Å². The van der Waals surface area contributed by atoms with E-state index in [4.69, 9.17) is 0 Å². The van der Waals surface area contributed by atoms with E-state index in [-0.39, 0.29) is 0 Å². The fraction of sp³-hybridized carbons (Fsp3) is 0.500. The summed E-state index contributed by atoms with van der Waals surface area (Å²) in [6.45, 7) is 0.567. The van der Waals surface area contributed by atoms with Gasteiger partial charge >= 0.3 is 113 Å². The molecule has 0 radical (unpaired) electrons. The molecule has 1 saturated carbocycles. The van der Waals surface area contributed by atoms with Crippen molar-refractivity contribution in [2.24, 2.45) is 7.05 Å². The Hall–Kier alpha value is -0.172. The van der Waals surface area contributed by atoms with Crippen LogP contribution >= 0.6 is 32.3 Å². The van der Waals surface area contributed by atoms with Gasteiger partial charge in [-0.3, -0.25) is 0 Å². The second kappa shape index (κ2) is 10.6. The Balaban J connectivity index is 0.000000244. The molecule has 27 heavy (non-hydrogen) atoms. The number of imidazole rings is 1. The molecule has 0 N–H and O–H groups in total. The Labute approximate surface area is 185 Å². The SMILES string of the molecule is BrN(Br)C1CCCCC1.Cn1ccn(Cc2ccc(C(F)(F)F)cc2)[c]1=[Pt]. The Bertz CT molecular complexity index is 763. The van der Waals surface area contributed by atoms with Gasteiger partial charge in [-0.2, -0.15) is 2.95 Å². The molecule has 0 atom stereocenters. The van der Waals surface area contributed by atoms with Crippen molar-refractivity contribution in [1.29, 1.82) is 0 Å². The van der Waals surface area contributed by atoms with E-state index in [9.17, 15) is 13.2 Å². The Kier molecular flexibility index (Phi) is 9.04. The minimum absolute atomic E-state index is 0.567. The third kappa shape index (κ3) is 7.30.